The van der Waals surface area contributed by atoms with Gasteiger partial charge in [-0.1, -0.05) is 36.7 Å². The van der Waals surface area contributed by atoms with E-state index in [2.05, 4.69) is 5.32 Å². The Hall–Kier alpha value is -2.73. The number of halogens is 1. The highest BCUT2D eigenvalue weighted by Crippen LogP contribution is 2.29. The molecule has 0 bridgehead atoms. The first kappa shape index (κ1) is 28.5. The van der Waals surface area contributed by atoms with Crippen molar-refractivity contribution in [2.24, 2.45) is 0 Å². The molecule has 0 saturated heterocycles. The van der Waals surface area contributed by atoms with Crippen molar-refractivity contribution in [2.45, 2.75) is 78.9 Å². The molecule has 0 unspecified atom stereocenters. The molecule has 1 atom stereocenters. The number of ether oxygens (including phenoxy) is 2. The van der Waals surface area contributed by atoms with Crippen molar-refractivity contribution >= 4 is 23.4 Å². The molecule has 0 spiro atoms. The van der Waals surface area contributed by atoms with Crippen molar-refractivity contribution in [3.05, 3.63) is 58.6 Å². The summed E-state index contributed by atoms with van der Waals surface area (Å²) >= 11 is 6.04. The number of hydrogen-bond acceptors (Lipinski definition) is 4. The third-order valence-electron chi connectivity index (χ3n) is 5.39. The summed E-state index contributed by atoms with van der Waals surface area (Å²) in [6, 6.07) is 12.6. The van der Waals surface area contributed by atoms with Gasteiger partial charge in [0.05, 0.1) is 13.2 Å². The monoisotopic (exact) mass is 502 g/mol. The predicted octanol–water partition coefficient (Wildman–Crippen LogP) is 5.79. The zero-order valence-corrected chi connectivity index (χ0v) is 22.6. The molecule has 0 aliphatic heterocycles. The van der Waals surface area contributed by atoms with E-state index in [1.54, 1.807) is 17.0 Å². The zero-order valence-electron chi connectivity index (χ0n) is 21.8. The third-order valence-corrected chi connectivity index (χ3v) is 5.64. The molecule has 2 aromatic carbocycles. The summed E-state index contributed by atoms with van der Waals surface area (Å²) in [6.45, 7) is 13.0. The molecule has 192 valence electrons. The van der Waals surface area contributed by atoms with Crippen molar-refractivity contribution in [3.8, 4) is 11.5 Å². The molecule has 0 heterocycles. The summed E-state index contributed by atoms with van der Waals surface area (Å²) in [6.07, 6.45) is 1.31. The lowest BCUT2D eigenvalue weighted by molar-refractivity contribution is -0.142. The standard InChI is InChI=1S/C28H39ClN2O4/c1-7-23(27(33)30-28(4,5)6)31(19-21-10-14-22(29)15-11-21)26(32)17-13-20-12-16-24(34-8-2)25(18-20)35-9-3/h10-12,14-16,18,23H,7-9,13,17,19H2,1-6H3,(H,30,33)/t23-/m1/s1. The van der Waals surface area contributed by atoms with Crippen LogP contribution in [-0.2, 0) is 22.6 Å². The van der Waals surface area contributed by atoms with E-state index in [1.165, 1.54) is 0 Å². The van der Waals surface area contributed by atoms with Crippen LogP contribution in [-0.4, -0.2) is 41.5 Å². The number of nitrogens with one attached hydrogen (secondary N) is 1. The van der Waals surface area contributed by atoms with E-state index in [9.17, 15) is 9.59 Å². The van der Waals surface area contributed by atoms with Gasteiger partial charge >= 0.3 is 0 Å². The van der Waals surface area contributed by atoms with Gasteiger partial charge in [0.2, 0.25) is 11.8 Å². The number of carbonyl (C=O) groups is 2. The molecular formula is C28H39ClN2O4. The van der Waals surface area contributed by atoms with Gasteiger partial charge in [-0.05, 0) is 82.9 Å². The Morgan fingerprint density at radius 2 is 1.54 bits per heavy atom. The van der Waals surface area contributed by atoms with Crippen molar-refractivity contribution in [2.75, 3.05) is 13.2 Å². The first-order valence-electron chi connectivity index (χ1n) is 12.3. The van der Waals surface area contributed by atoms with E-state index in [4.69, 9.17) is 21.1 Å². The molecule has 2 amide bonds. The molecule has 0 aromatic heterocycles. The lowest BCUT2D eigenvalue weighted by Gasteiger charge is -2.33. The number of nitrogens with zero attached hydrogens (tertiary/aromatic N) is 1. The van der Waals surface area contributed by atoms with E-state index in [-0.39, 0.29) is 18.2 Å². The molecule has 0 aliphatic rings. The fraction of sp³-hybridized carbons (Fsp3) is 0.500. The summed E-state index contributed by atoms with van der Waals surface area (Å²) in [4.78, 5) is 28.3. The Morgan fingerprint density at radius 3 is 2.11 bits per heavy atom. The molecule has 1 N–H and O–H groups in total. The first-order chi connectivity index (χ1) is 16.6. The molecule has 2 rings (SSSR count). The van der Waals surface area contributed by atoms with Gasteiger partial charge in [-0.15, -0.1) is 0 Å². The molecule has 0 aliphatic carbocycles. The Labute approximate surface area is 214 Å². The minimum Gasteiger partial charge on any atom is -0.490 e. The highest BCUT2D eigenvalue weighted by molar-refractivity contribution is 6.30. The lowest BCUT2D eigenvalue weighted by atomic mass is 10.0. The van der Waals surface area contributed by atoms with Crippen LogP contribution in [0.5, 0.6) is 11.5 Å². The second-order valence-corrected chi connectivity index (χ2v) is 9.89. The van der Waals surface area contributed by atoms with Gasteiger partial charge < -0.3 is 19.7 Å². The van der Waals surface area contributed by atoms with Gasteiger partial charge in [0.25, 0.3) is 0 Å². The van der Waals surface area contributed by atoms with Crippen LogP contribution in [0, 0.1) is 0 Å². The topological polar surface area (TPSA) is 67.9 Å². The van der Waals surface area contributed by atoms with Crippen molar-refractivity contribution in [1.29, 1.82) is 0 Å². The fourth-order valence-corrected chi connectivity index (χ4v) is 3.93. The lowest BCUT2D eigenvalue weighted by Crippen LogP contribution is -2.53. The van der Waals surface area contributed by atoms with Crippen LogP contribution in [0.2, 0.25) is 5.02 Å². The van der Waals surface area contributed by atoms with E-state index >= 15 is 0 Å². The van der Waals surface area contributed by atoms with Gasteiger partial charge in [0, 0.05) is 23.5 Å². The molecule has 7 heteroatoms. The SMILES string of the molecule is CCOc1ccc(CCC(=O)N(Cc2ccc(Cl)cc2)[C@H](CC)C(=O)NC(C)(C)C)cc1OCC. The van der Waals surface area contributed by atoms with Crippen LogP contribution in [0.3, 0.4) is 0 Å². The van der Waals surface area contributed by atoms with E-state index in [0.29, 0.717) is 49.1 Å². The van der Waals surface area contributed by atoms with Crippen molar-refractivity contribution in [3.63, 3.8) is 0 Å². The number of aryl methyl sites for hydroxylation is 1. The van der Waals surface area contributed by atoms with Gasteiger partial charge in [-0.2, -0.15) is 0 Å². The van der Waals surface area contributed by atoms with Gasteiger partial charge in [-0.25, -0.2) is 0 Å². The average molecular weight is 503 g/mol. The van der Waals surface area contributed by atoms with Crippen LogP contribution in [0.25, 0.3) is 0 Å². The molecule has 0 fully saturated rings. The summed E-state index contributed by atoms with van der Waals surface area (Å²) in [5.41, 5.74) is 1.51. The zero-order chi connectivity index (χ0) is 26.0. The maximum atomic E-state index is 13.5. The number of hydrogen-bond donors (Lipinski definition) is 1. The van der Waals surface area contributed by atoms with Crippen molar-refractivity contribution in [1.82, 2.24) is 10.2 Å². The first-order valence-corrected chi connectivity index (χ1v) is 12.7. The normalized spacial score (nSPS) is 12.1. The second kappa shape index (κ2) is 13.4. The number of benzene rings is 2. The molecule has 2 aromatic rings. The van der Waals surface area contributed by atoms with E-state index in [1.807, 2.05) is 71.9 Å². The fourth-order valence-electron chi connectivity index (χ4n) is 3.80. The largest absolute Gasteiger partial charge is 0.490 e. The summed E-state index contributed by atoms with van der Waals surface area (Å²) in [7, 11) is 0. The minimum atomic E-state index is -0.572. The second-order valence-electron chi connectivity index (χ2n) is 9.46. The van der Waals surface area contributed by atoms with Crippen LogP contribution in [0.1, 0.15) is 65.5 Å². The highest BCUT2D eigenvalue weighted by Gasteiger charge is 2.30. The molecule has 6 nitrogen and oxygen atoms in total. The smallest absolute Gasteiger partial charge is 0.243 e. The number of carbonyl (C=O) groups excluding carboxylic acids is 2. The molecule has 35 heavy (non-hydrogen) atoms. The summed E-state index contributed by atoms with van der Waals surface area (Å²) < 4.78 is 11.4. The van der Waals surface area contributed by atoms with Crippen molar-refractivity contribution < 1.29 is 19.1 Å². The number of rotatable bonds is 12. The van der Waals surface area contributed by atoms with Crippen LogP contribution in [0.15, 0.2) is 42.5 Å². The molecule has 0 saturated carbocycles. The third kappa shape index (κ3) is 9.10. The van der Waals surface area contributed by atoms with Crippen LogP contribution in [0.4, 0.5) is 0 Å². The van der Waals surface area contributed by atoms with E-state index < -0.39 is 11.6 Å². The number of amides is 2. The Bertz CT molecular complexity index is 970. The van der Waals surface area contributed by atoms with Gasteiger partial charge in [0.1, 0.15) is 6.04 Å². The highest BCUT2D eigenvalue weighted by atomic mass is 35.5. The average Bonchev–Trinajstić information content (AvgIpc) is 2.79. The van der Waals surface area contributed by atoms with Gasteiger partial charge in [0.15, 0.2) is 11.5 Å². The summed E-state index contributed by atoms with van der Waals surface area (Å²) in [5, 5.41) is 3.66. The Morgan fingerprint density at radius 1 is 0.943 bits per heavy atom. The molecule has 0 radical (unpaired) electrons. The van der Waals surface area contributed by atoms with Crippen LogP contribution >= 0.6 is 11.6 Å². The van der Waals surface area contributed by atoms with Gasteiger partial charge in [-0.3, -0.25) is 9.59 Å². The van der Waals surface area contributed by atoms with E-state index in [0.717, 1.165) is 11.1 Å². The minimum absolute atomic E-state index is 0.0808. The molecular weight excluding hydrogens is 464 g/mol. The Kier molecular flexibility index (Phi) is 10.9. The Balaban J connectivity index is 2.24. The quantitative estimate of drug-likeness (QED) is 0.398. The maximum absolute atomic E-state index is 13.5. The predicted molar refractivity (Wildman–Crippen MR) is 141 cm³/mol. The summed E-state index contributed by atoms with van der Waals surface area (Å²) in [5.74, 6) is 1.14. The van der Waals surface area contributed by atoms with Crippen LogP contribution < -0.4 is 14.8 Å². The maximum Gasteiger partial charge on any atom is 0.243 e.